The lowest BCUT2D eigenvalue weighted by atomic mass is 9.75. The highest BCUT2D eigenvalue weighted by Gasteiger charge is 2.32. The third-order valence-corrected chi connectivity index (χ3v) is 4.84. The van der Waals surface area contributed by atoms with Crippen LogP contribution >= 0.6 is 15.9 Å². The predicted molar refractivity (Wildman–Crippen MR) is 76.9 cm³/mol. The van der Waals surface area contributed by atoms with E-state index in [2.05, 4.69) is 45.5 Å². The van der Waals surface area contributed by atoms with Gasteiger partial charge in [-0.05, 0) is 43.2 Å². The predicted octanol–water partition coefficient (Wildman–Crippen LogP) is 3.46. The van der Waals surface area contributed by atoms with Gasteiger partial charge in [0.05, 0.1) is 6.61 Å². The smallest absolute Gasteiger partial charge is 0.0619 e. The lowest BCUT2D eigenvalue weighted by Crippen LogP contribution is -2.48. The molecule has 2 nitrogen and oxygen atoms in total. The molecule has 1 heterocycles. The van der Waals surface area contributed by atoms with E-state index in [9.17, 15) is 0 Å². The first-order valence-electron chi connectivity index (χ1n) is 6.91. The van der Waals surface area contributed by atoms with Crippen molar-refractivity contribution >= 4 is 15.9 Å². The quantitative estimate of drug-likeness (QED) is 0.923. The summed E-state index contributed by atoms with van der Waals surface area (Å²) < 4.78 is 6.77. The van der Waals surface area contributed by atoms with E-state index in [1.807, 2.05) is 0 Å². The largest absolute Gasteiger partial charge is 0.380 e. The van der Waals surface area contributed by atoms with Gasteiger partial charge in [0, 0.05) is 23.2 Å². The van der Waals surface area contributed by atoms with Crippen LogP contribution in [0.25, 0.3) is 0 Å². The molecule has 1 aromatic carbocycles. The number of nitrogens with one attached hydrogen (secondary N) is 1. The molecule has 0 radical (unpaired) electrons. The van der Waals surface area contributed by atoms with Gasteiger partial charge in [0.2, 0.25) is 0 Å². The summed E-state index contributed by atoms with van der Waals surface area (Å²) in [6, 6.07) is 9.88. The zero-order valence-corrected chi connectivity index (χ0v) is 12.2. The van der Waals surface area contributed by atoms with Gasteiger partial charge in [0.1, 0.15) is 0 Å². The molecule has 18 heavy (non-hydrogen) atoms. The van der Waals surface area contributed by atoms with Crippen LogP contribution in [-0.4, -0.2) is 25.3 Å². The second-order valence-corrected chi connectivity index (χ2v) is 6.32. The van der Waals surface area contributed by atoms with E-state index in [0.29, 0.717) is 12.1 Å². The Morgan fingerprint density at radius 2 is 2.00 bits per heavy atom. The number of ether oxygens (including phenoxy) is 1. The van der Waals surface area contributed by atoms with Crippen molar-refractivity contribution in [2.24, 2.45) is 0 Å². The van der Waals surface area contributed by atoms with Crippen LogP contribution in [0, 0.1) is 0 Å². The molecule has 2 aliphatic rings. The SMILES string of the molecule is Brc1ccccc1C1CC(NC2CCCOC2)C1. The summed E-state index contributed by atoms with van der Waals surface area (Å²) in [5.41, 5.74) is 1.47. The van der Waals surface area contributed by atoms with Crippen molar-refractivity contribution in [2.45, 2.75) is 43.7 Å². The van der Waals surface area contributed by atoms with Crippen molar-refractivity contribution in [1.82, 2.24) is 5.32 Å². The molecule has 1 unspecified atom stereocenters. The first kappa shape index (κ1) is 12.6. The third kappa shape index (κ3) is 2.79. The van der Waals surface area contributed by atoms with Crippen LogP contribution in [0.2, 0.25) is 0 Å². The molecule has 1 saturated heterocycles. The monoisotopic (exact) mass is 309 g/mol. The fourth-order valence-corrected chi connectivity index (χ4v) is 3.63. The van der Waals surface area contributed by atoms with E-state index >= 15 is 0 Å². The fraction of sp³-hybridized carbons (Fsp3) is 0.600. The van der Waals surface area contributed by atoms with Gasteiger partial charge in [-0.15, -0.1) is 0 Å². The Morgan fingerprint density at radius 3 is 2.72 bits per heavy atom. The highest BCUT2D eigenvalue weighted by molar-refractivity contribution is 9.10. The van der Waals surface area contributed by atoms with Crippen LogP contribution in [0.15, 0.2) is 28.7 Å². The van der Waals surface area contributed by atoms with Crippen LogP contribution < -0.4 is 5.32 Å². The molecule has 0 aromatic heterocycles. The molecule has 3 heteroatoms. The summed E-state index contributed by atoms with van der Waals surface area (Å²) in [4.78, 5) is 0. The average molecular weight is 310 g/mol. The molecule has 1 aliphatic heterocycles. The van der Waals surface area contributed by atoms with Crippen molar-refractivity contribution < 1.29 is 4.74 Å². The molecular weight excluding hydrogens is 290 g/mol. The molecule has 3 rings (SSSR count). The summed E-state index contributed by atoms with van der Waals surface area (Å²) in [7, 11) is 0. The van der Waals surface area contributed by atoms with Crippen LogP contribution in [0.4, 0.5) is 0 Å². The number of benzene rings is 1. The summed E-state index contributed by atoms with van der Waals surface area (Å²) in [6.45, 7) is 1.85. The zero-order chi connectivity index (χ0) is 12.4. The molecule has 1 atom stereocenters. The van der Waals surface area contributed by atoms with E-state index < -0.39 is 0 Å². The van der Waals surface area contributed by atoms with Gasteiger partial charge in [0.15, 0.2) is 0 Å². The zero-order valence-electron chi connectivity index (χ0n) is 10.6. The Labute approximate surface area is 117 Å². The highest BCUT2D eigenvalue weighted by atomic mass is 79.9. The maximum atomic E-state index is 5.51. The summed E-state index contributed by atoms with van der Waals surface area (Å²) in [6.07, 6.45) is 5.01. The number of hydrogen-bond donors (Lipinski definition) is 1. The van der Waals surface area contributed by atoms with Crippen molar-refractivity contribution in [3.05, 3.63) is 34.3 Å². The highest BCUT2D eigenvalue weighted by Crippen LogP contribution is 2.40. The Kier molecular flexibility index (Phi) is 4.02. The van der Waals surface area contributed by atoms with Crippen molar-refractivity contribution in [3.63, 3.8) is 0 Å². The van der Waals surface area contributed by atoms with Gasteiger partial charge in [-0.2, -0.15) is 0 Å². The fourth-order valence-electron chi connectivity index (χ4n) is 3.02. The van der Waals surface area contributed by atoms with E-state index in [1.54, 1.807) is 0 Å². The lowest BCUT2D eigenvalue weighted by molar-refractivity contribution is 0.0600. The van der Waals surface area contributed by atoms with Gasteiger partial charge in [-0.25, -0.2) is 0 Å². The first-order valence-corrected chi connectivity index (χ1v) is 7.70. The average Bonchev–Trinajstić information content (AvgIpc) is 2.36. The Bertz CT molecular complexity index is 397. The minimum Gasteiger partial charge on any atom is -0.380 e. The molecule has 1 saturated carbocycles. The number of rotatable bonds is 3. The lowest BCUT2D eigenvalue weighted by Gasteiger charge is -2.40. The maximum absolute atomic E-state index is 5.51. The molecule has 98 valence electrons. The topological polar surface area (TPSA) is 21.3 Å². The van der Waals surface area contributed by atoms with E-state index in [-0.39, 0.29) is 0 Å². The first-order chi connectivity index (χ1) is 8.83. The van der Waals surface area contributed by atoms with Crippen LogP contribution in [0.1, 0.15) is 37.2 Å². The molecule has 1 N–H and O–H groups in total. The molecule has 1 aliphatic carbocycles. The van der Waals surface area contributed by atoms with E-state index in [1.165, 1.54) is 35.7 Å². The summed E-state index contributed by atoms with van der Waals surface area (Å²) in [5.74, 6) is 0.725. The standard InChI is InChI=1S/C15H20BrNO/c16-15-6-2-1-5-14(15)11-8-13(9-11)17-12-4-3-7-18-10-12/h1-2,5-6,11-13,17H,3-4,7-10H2. The molecule has 2 fully saturated rings. The van der Waals surface area contributed by atoms with E-state index in [4.69, 9.17) is 4.74 Å². The maximum Gasteiger partial charge on any atom is 0.0619 e. The van der Waals surface area contributed by atoms with Crippen LogP contribution in [0.3, 0.4) is 0 Å². The van der Waals surface area contributed by atoms with Gasteiger partial charge in [0.25, 0.3) is 0 Å². The molecule has 0 spiro atoms. The second-order valence-electron chi connectivity index (χ2n) is 5.47. The number of halogens is 1. The van der Waals surface area contributed by atoms with E-state index in [0.717, 1.165) is 19.1 Å². The van der Waals surface area contributed by atoms with Gasteiger partial charge in [-0.3, -0.25) is 0 Å². The van der Waals surface area contributed by atoms with Gasteiger partial charge >= 0.3 is 0 Å². The second kappa shape index (κ2) is 5.72. The summed E-state index contributed by atoms with van der Waals surface area (Å²) in [5, 5.41) is 3.73. The Balaban J connectivity index is 1.49. The van der Waals surface area contributed by atoms with Crippen molar-refractivity contribution in [3.8, 4) is 0 Å². The van der Waals surface area contributed by atoms with Crippen molar-refractivity contribution in [2.75, 3.05) is 13.2 Å². The Morgan fingerprint density at radius 1 is 1.17 bits per heavy atom. The van der Waals surface area contributed by atoms with Crippen LogP contribution in [0.5, 0.6) is 0 Å². The normalized spacial score (nSPS) is 31.9. The van der Waals surface area contributed by atoms with Crippen molar-refractivity contribution in [1.29, 1.82) is 0 Å². The molecular formula is C15H20BrNO. The molecule has 1 aromatic rings. The summed E-state index contributed by atoms with van der Waals surface area (Å²) >= 11 is 3.65. The van der Waals surface area contributed by atoms with Crippen LogP contribution in [-0.2, 0) is 4.74 Å². The Hall–Kier alpha value is -0.380. The molecule has 0 bridgehead atoms. The minimum absolute atomic E-state index is 0.587. The van der Waals surface area contributed by atoms with Gasteiger partial charge < -0.3 is 10.1 Å². The minimum atomic E-state index is 0.587. The third-order valence-electron chi connectivity index (χ3n) is 4.11. The molecule has 0 amide bonds. The number of hydrogen-bond acceptors (Lipinski definition) is 2. The van der Waals surface area contributed by atoms with Gasteiger partial charge in [-0.1, -0.05) is 34.1 Å².